The molecule has 0 saturated carbocycles. The van der Waals surface area contributed by atoms with Crippen LogP contribution in [0.2, 0.25) is 5.02 Å². The van der Waals surface area contributed by atoms with Crippen LogP contribution in [0, 0.1) is 10.1 Å². The summed E-state index contributed by atoms with van der Waals surface area (Å²) in [5, 5.41) is 15.3. The van der Waals surface area contributed by atoms with Crippen molar-refractivity contribution in [1.29, 1.82) is 0 Å². The molecule has 0 aliphatic rings. The predicted octanol–water partition coefficient (Wildman–Crippen LogP) is 4.52. The van der Waals surface area contributed by atoms with Gasteiger partial charge in [0.1, 0.15) is 12.4 Å². The third kappa shape index (κ3) is 5.89. The summed E-state index contributed by atoms with van der Waals surface area (Å²) < 4.78 is 5.84. The largest absolute Gasteiger partial charge is 0.488 e. The van der Waals surface area contributed by atoms with Crippen molar-refractivity contribution in [3.63, 3.8) is 0 Å². The molecule has 3 aromatic rings. The normalized spacial score (nSPS) is 10.7. The molecule has 0 aromatic heterocycles. The number of hydrogen-bond acceptors (Lipinski definition) is 5. The van der Waals surface area contributed by atoms with Gasteiger partial charge in [0.25, 0.3) is 5.69 Å². The zero-order valence-corrected chi connectivity index (χ0v) is 16.6. The maximum absolute atomic E-state index is 12.0. The van der Waals surface area contributed by atoms with Crippen LogP contribution in [0.3, 0.4) is 0 Å². The zero-order chi connectivity index (χ0) is 21.3. The second kappa shape index (κ2) is 10.2. The molecule has 0 unspecified atom stereocenters. The van der Waals surface area contributed by atoms with Crippen molar-refractivity contribution in [2.45, 2.75) is 13.0 Å². The van der Waals surface area contributed by atoms with Crippen molar-refractivity contribution in [3.8, 4) is 5.75 Å². The Kier molecular flexibility index (Phi) is 7.13. The molecule has 7 nitrogen and oxygen atoms in total. The van der Waals surface area contributed by atoms with Gasteiger partial charge in [0, 0.05) is 28.3 Å². The van der Waals surface area contributed by atoms with Crippen LogP contribution in [-0.2, 0) is 17.8 Å². The predicted molar refractivity (Wildman–Crippen MR) is 115 cm³/mol. The molecule has 30 heavy (non-hydrogen) atoms. The number of hydrogen-bond donors (Lipinski definition) is 1. The standard InChI is InChI=1S/C22H18ClN3O4/c23-20-7-3-1-6-18(20)15-30-21-8-4-2-5-17(21)14-24-25-22(27)13-16-9-11-19(12-10-16)26(28)29/h1-12,14H,13,15H2,(H,25,27). The second-order valence-electron chi connectivity index (χ2n) is 6.31. The number of halogens is 1. The number of nitrogens with zero attached hydrogens (tertiary/aromatic N) is 2. The van der Waals surface area contributed by atoms with E-state index in [1.54, 1.807) is 24.3 Å². The molecule has 1 amide bonds. The summed E-state index contributed by atoms with van der Waals surface area (Å²) in [7, 11) is 0. The minimum absolute atomic E-state index is 0.0226. The van der Waals surface area contributed by atoms with Crippen LogP contribution < -0.4 is 10.2 Å². The van der Waals surface area contributed by atoms with Crippen molar-refractivity contribution in [3.05, 3.63) is 105 Å². The first-order valence-electron chi connectivity index (χ1n) is 9.03. The first kappa shape index (κ1) is 21.0. The van der Waals surface area contributed by atoms with Crippen molar-refractivity contribution in [2.24, 2.45) is 5.10 Å². The molecule has 0 spiro atoms. The van der Waals surface area contributed by atoms with E-state index in [2.05, 4.69) is 10.5 Å². The van der Waals surface area contributed by atoms with Gasteiger partial charge in [-0.1, -0.05) is 54.1 Å². The fraction of sp³-hybridized carbons (Fsp3) is 0.0909. The van der Waals surface area contributed by atoms with Gasteiger partial charge >= 0.3 is 0 Å². The Hall–Kier alpha value is -3.71. The lowest BCUT2D eigenvalue weighted by molar-refractivity contribution is -0.384. The van der Waals surface area contributed by atoms with Gasteiger partial charge < -0.3 is 4.74 Å². The summed E-state index contributed by atoms with van der Waals surface area (Å²) in [5.41, 5.74) is 4.63. The number of amides is 1. The van der Waals surface area contributed by atoms with E-state index >= 15 is 0 Å². The van der Waals surface area contributed by atoms with Crippen LogP contribution in [0.15, 0.2) is 77.9 Å². The number of carbonyl (C=O) groups is 1. The van der Waals surface area contributed by atoms with Crippen LogP contribution in [0.25, 0.3) is 0 Å². The quantitative estimate of drug-likeness (QED) is 0.327. The summed E-state index contributed by atoms with van der Waals surface area (Å²) >= 11 is 6.15. The second-order valence-corrected chi connectivity index (χ2v) is 6.72. The first-order valence-corrected chi connectivity index (χ1v) is 9.41. The molecule has 0 fully saturated rings. The lowest BCUT2D eigenvalue weighted by Crippen LogP contribution is -2.19. The monoisotopic (exact) mass is 423 g/mol. The molecule has 3 rings (SSSR count). The van der Waals surface area contributed by atoms with E-state index < -0.39 is 4.92 Å². The van der Waals surface area contributed by atoms with Gasteiger partial charge in [0.15, 0.2) is 0 Å². The molecule has 0 radical (unpaired) electrons. The highest BCUT2D eigenvalue weighted by molar-refractivity contribution is 6.31. The van der Waals surface area contributed by atoms with Crippen molar-refractivity contribution >= 4 is 29.4 Å². The van der Waals surface area contributed by atoms with Gasteiger partial charge in [-0.3, -0.25) is 14.9 Å². The number of rotatable bonds is 8. The van der Waals surface area contributed by atoms with E-state index in [-0.39, 0.29) is 18.0 Å². The Morgan fingerprint density at radius 2 is 1.77 bits per heavy atom. The average Bonchev–Trinajstić information content (AvgIpc) is 2.74. The van der Waals surface area contributed by atoms with E-state index in [1.807, 2.05) is 36.4 Å². The number of nitro groups is 1. The van der Waals surface area contributed by atoms with Crippen molar-refractivity contribution < 1.29 is 14.5 Å². The first-order chi connectivity index (χ1) is 14.5. The number of benzene rings is 3. The average molecular weight is 424 g/mol. The molecule has 0 saturated heterocycles. The molecule has 0 bridgehead atoms. The van der Waals surface area contributed by atoms with Gasteiger partial charge in [-0.15, -0.1) is 0 Å². The van der Waals surface area contributed by atoms with E-state index in [1.165, 1.54) is 18.3 Å². The molecular formula is C22H18ClN3O4. The van der Waals surface area contributed by atoms with E-state index in [0.717, 1.165) is 5.56 Å². The summed E-state index contributed by atoms with van der Waals surface area (Å²) in [5.74, 6) is 0.264. The minimum atomic E-state index is -0.487. The van der Waals surface area contributed by atoms with Crippen LogP contribution in [0.5, 0.6) is 5.75 Å². The van der Waals surface area contributed by atoms with Crippen LogP contribution in [0.4, 0.5) is 5.69 Å². The number of nitro benzene ring substituents is 1. The van der Waals surface area contributed by atoms with Gasteiger partial charge in [-0.25, -0.2) is 5.43 Å². The van der Waals surface area contributed by atoms with E-state index in [0.29, 0.717) is 28.5 Å². The van der Waals surface area contributed by atoms with Gasteiger partial charge in [0.05, 0.1) is 17.6 Å². The lowest BCUT2D eigenvalue weighted by atomic mass is 10.1. The van der Waals surface area contributed by atoms with Gasteiger partial charge in [-0.05, 0) is 23.8 Å². The fourth-order valence-corrected chi connectivity index (χ4v) is 2.81. The van der Waals surface area contributed by atoms with Crippen LogP contribution >= 0.6 is 11.6 Å². The molecule has 0 heterocycles. The molecule has 0 aliphatic heterocycles. The highest BCUT2D eigenvalue weighted by atomic mass is 35.5. The highest BCUT2D eigenvalue weighted by Gasteiger charge is 2.07. The molecule has 0 atom stereocenters. The van der Waals surface area contributed by atoms with E-state index in [4.69, 9.17) is 16.3 Å². The number of nitrogens with one attached hydrogen (secondary N) is 1. The highest BCUT2D eigenvalue weighted by Crippen LogP contribution is 2.21. The van der Waals surface area contributed by atoms with Crippen molar-refractivity contribution in [2.75, 3.05) is 0 Å². The Morgan fingerprint density at radius 3 is 2.50 bits per heavy atom. The Balaban J connectivity index is 1.57. The third-order valence-electron chi connectivity index (χ3n) is 4.16. The Labute approximate surface area is 178 Å². The Morgan fingerprint density at radius 1 is 1.07 bits per heavy atom. The van der Waals surface area contributed by atoms with Gasteiger partial charge in [-0.2, -0.15) is 5.10 Å². The molecular weight excluding hydrogens is 406 g/mol. The number of hydrazone groups is 1. The third-order valence-corrected chi connectivity index (χ3v) is 4.53. The zero-order valence-electron chi connectivity index (χ0n) is 15.8. The topological polar surface area (TPSA) is 93.8 Å². The molecule has 3 aromatic carbocycles. The Bertz CT molecular complexity index is 1070. The summed E-state index contributed by atoms with van der Waals surface area (Å²) in [6, 6.07) is 20.5. The lowest BCUT2D eigenvalue weighted by Gasteiger charge is -2.10. The molecule has 152 valence electrons. The number of non-ortho nitro benzene ring substituents is 1. The molecule has 0 aliphatic carbocycles. The van der Waals surface area contributed by atoms with Gasteiger partial charge in [0.2, 0.25) is 5.91 Å². The number of para-hydroxylation sites is 1. The number of carbonyl (C=O) groups excluding carboxylic acids is 1. The fourth-order valence-electron chi connectivity index (χ4n) is 2.62. The number of ether oxygens (including phenoxy) is 1. The van der Waals surface area contributed by atoms with Crippen LogP contribution in [0.1, 0.15) is 16.7 Å². The summed E-state index contributed by atoms with van der Waals surface area (Å²) in [6.45, 7) is 0.303. The minimum Gasteiger partial charge on any atom is -0.488 e. The summed E-state index contributed by atoms with van der Waals surface area (Å²) in [6.07, 6.45) is 1.55. The molecule has 8 heteroatoms. The van der Waals surface area contributed by atoms with Crippen LogP contribution in [-0.4, -0.2) is 17.0 Å². The SMILES string of the molecule is O=C(Cc1ccc([N+](=O)[O-])cc1)NN=Cc1ccccc1OCc1ccccc1Cl. The smallest absolute Gasteiger partial charge is 0.269 e. The maximum Gasteiger partial charge on any atom is 0.269 e. The van der Waals surface area contributed by atoms with Crippen molar-refractivity contribution in [1.82, 2.24) is 5.43 Å². The maximum atomic E-state index is 12.0. The van der Waals surface area contributed by atoms with E-state index in [9.17, 15) is 14.9 Å². The summed E-state index contributed by atoms with van der Waals surface area (Å²) in [4.78, 5) is 22.2. The molecule has 1 N–H and O–H groups in total.